The second-order valence-electron chi connectivity index (χ2n) is 9.21. The Kier molecular flexibility index (Phi) is 3.56. The van der Waals surface area contributed by atoms with Gasteiger partial charge < -0.3 is 9.80 Å². The van der Waals surface area contributed by atoms with Gasteiger partial charge in [-0.05, 0) is 32.2 Å². The highest BCUT2D eigenvalue weighted by atomic mass is 32.1. The van der Waals surface area contributed by atoms with E-state index in [4.69, 9.17) is 4.98 Å². The maximum atomic E-state index is 4.95. The predicted molar refractivity (Wildman–Crippen MR) is 103 cm³/mol. The van der Waals surface area contributed by atoms with Gasteiger partial charge in [0.15, 0.2) is 4.96 Å². The molecule has 4 nitrogen and oxygen atoms in total. The first-order chi connectivity index (χ1) is 11.2. The molecule has 2 aliphatic rings. The number of aryl methyl sites for hydroxylation is 1. The van der Waals surface area contributed by atoms with Gasteiger partial charge in [0.25, 0.3) is 0 Å². The van der Waals surface area contributed by atoms with Crippen LogP contribution in [0.25, 0.3) is 4.96 Å². The summed E-state index contributed by atoms with van der Waals surface area (Å²) in [5.74, 6) is 1.35. The quantitative estimate of drug-likeness (QED) is 0.786. The summed E-state index contributed by atoms with van der Waals surface area (Å²) < 4.78 is 2.50. The summed E-state index contributed by atoms with van der Waals surface area (Å²) in [6.45, 7) is 16.3. The standard InChI is InChI=1S/C19H30N4S/c1-13-16(22-9-7-21(6)8-10-22)23-14-11-18(2,3)12-19(4,5)15(14)24-17(23)20-13/h7-12H2,1-6H3. The molecule has 0 unspecified atom stereocenters. The summed E-state index contributed by atoms with van der Waals surface area (Å²) >= 11 is 1.92. The third kappa shape index (κ3) is 2.48. The first-order valence-electron chi connectivity index (χ1n) is 9.13. The lowest BCUT2D eigenvalue weighted by molar-refractivity contribution is 0.231. The van der Waals surface area contributed by atoms with Gasteiger partial charge in [0, 0.05) is 42.2 Å². The van der Waals surface area contributed by atoms with Crippen LogP contribution in [-0.4, -0.2) is 47.5 Å². The van der Waals surface area contributed by atoms with Crippen molar-refractivity contribution in [3.8, 4) is 0 Å². The molecule has 0 amide bonds. The third-order valence-corrected chi connectivity index (χ3v) is 7.15. The van der Waals surface area contributed by atoms with Crippen LogP contribution in [0.4, 0.5) is 5.82 Å². The molecule has 2 aromatic rings. The lowest BCUT2D eigenvalue weighted by Crippen LogP contribution is -2.45. The predicted octanol–water partition coefficient (Wildman–Crippen LogP) is 3.71. The zero-order valence-corrected chi connectivity index (χ0v) is 16.8. The van der Waals surface area contributed by atoms with Crippen molar-refractivity contribution in [1.29, 1.82) is 0 Å². The number of aromatic nitrogens is 2. The van der Waals surface area contributed by atoms with Crippen LogP contribution in [0.3, 0.4) is 0 Å². The van der Waals surface area contributed by atoms with Crippen molar-refractivity contribution in [2.75, 3.05) is 38.1 Å². The highest BCUT2D eigenvalue weighted by Gasteiger charge is 2.41. The van der Waals surface area contributed by atoms with Crippen molar-refractivity contribution in [2.45, 2.75) is 52.9 Å². The van der Waals surface area contributed by atoms with Crippen LogP contribution in [-0.2, 0) is 11.8 Å². The minimum absolute atomic E-state index is 0.246. The van der Waals surface area contributed by atoms with Gasteiger partial charge >= 0.3 is 0 Å². The van der Waals surface area contributed by atoms with E-state index in [0.717, 1.165) is 32.6 Å². The van der Waals surface area contributed by atoms with Gasteiger partial charge in [-0.1, -0.05) is 27.7 Å². The van der Waals surface area contributed by atoms with Gasteiger partial charge in [0.2, 0.25) is 0 Å². The number of piperazine rings is 1. The molecule has 0 bridgehead atoms. The molecule has 0 N–H and O–H groups in total. The molecule has 1 aliphatic heterocycles. The summed E-state index contributed by atoms with van der Waals surface area (Å²) in [6, 6.07) is 0. The summed E-state index contributed by atoms with van der Waals surface area (Å²) in [7, 11) is 2.22. The van der Waals surface area contributed by atoms with Crippen LogP contribution in [0.1, 0.15) is 50.4 Å². The van der Waals surface area contributed by atoms with Gasteiger partial charge in [-0.2, -0.15) is 0 Å². The molecule has 2 aromatic heterocycles. The van der Waals surface area contributed by atoms with Crippen molar-refractivity contribution in [3.05, 3.63) is 16.3 Å². The number of thiazole rings is 1. The number of anilines is 1. The number of fused-ring (bicyclic) bond motifs is 3. The second kappa shape index (κ2) is 5.21. The number of hydrogen-bond acceptors (Lipinski definition) is 4. The fraction of sp³-hybridized carbons (Fsp3) is 0.737. The molecular formula is C19H30N4S. The Morgan fingerprint density at radius 1 is 1.04 bits per heavy atom. The van der Waals surface area contributed by atoms with Crippen molar-refractivity contribution in [1.82, 2.24) is 14.3 Å². The van der Waals surface area contributed by atoms with Crippen molar-refractivity contribution in [2.24, 2.45) is 5.41 Å². The molecule has 4 rings (SSSR count). The van der Waals surface area contributed by atoms with Crippen LogP contribution < -0.4 is 4.90 Å². The Hall–Kier alpha value is -1.07. The highest BCUT2D eigenvalue weighted by molar-refractivity contribution is 7.17. The van der Waals surface area contributed by atoms with Crippen molar-refractivity contribution < 1.29 is 0 Å². The monoisotopic (exact) mass is 346 g/mol. The Morgan fingerprint density at radius 3 is 2.38 bits per heavy atom. The Morgan fingerprint density at radius 2 is 1.71 bits per heavy atom. The molecule has 1 fully saturated rings. The second-order valence-corrected chi connectivity index (χ2v) is 10.2. The number of likely N-dealkylation sites (N-methyl/N-ethyl adjacent to an activating group) is 1. The van der Waals surface area contributed by atoms with E-state index in [2.05, 4.69) is 55.9 Å². The minimum atomic E-state index is 0.246. The van der Waals surface area contributed by atoms with Crippen molar-refractivity contribution >= 4 is 22.1 Å². The molecule has 1 saturated heterocycles. The first-order valence-corrected chi connectivity index (χ1v) is 9.94. The molecule has 132 valence electrons. The van der Waals surface area contributed by atoms with E-state index in [0.29, 0.717) is 5.41 Å². The number of hydrogen-bond donors (Lipinski definition) is 0. The zero-order chi connectivity index (χ0) is 17.3. The zero-order valence-electron chi connectivity index (χ0n) is 15.9. The molecule has 0 spiro atoms. The summed E-state index contributed by atoms with van der Waals surface area (Å²) in [5, 5.41) is 0. The number of rotatable bonds is 1. The molecule has 0 aromatic carbocycles. The van der Waals surface area contributed by atoms with E-state index in [1.165, 1.54) is 28.6 Å². The normalized spacial score (nSPS) is 23.7. The number of imidazole rings is 1. The van der Waals surface area contributed by atoms with E-state index >= 15 is 0 Å². The Labute approximate surface area is 149 Å². The van der Waals surface area contributed by atoms with Crippen LogP contribution in [0.15, 0.2) is 0 Å². The van der Waals surface area contributed by atoms with Crippen molar-refractivity contribution in [3.63, 3.8) is 0 Å². The van der Waals surface area contributed by atoms with Gasteiger partial charge in [0.05, 0.1) is 5.69 Å². The van der Waals surface area contributed by atoms with E-state index < -0.39 is 0 Å². The number of nitrogens with zero attached hydrogens (tertiary/aromatic N) is 4. The van der Waals surface area contributed by atoms with E-state index in [1.54, 1.807) is 4.88 Å². The van der Waals surface area contributed by atoms with E-state index in [9.17, 15) is 0 Å². The smallest absolute Gasteiger partial charge is 0.196 e. The Balaban J connectivity index is 1.87. The van der Waals surface area contributed by atoms with Crippen LogP contribution in [0.2, 0.25) is 0 Å². The first kappa shape index (κ1) is 16.4. The average molecular weight is 347 g/mol. The summed E-state index contributed by atoms with van der Waals surface area (Å²) in [5.41, 5.74) is 3.30. The largest absolute Gasteiger partial charge is 0.354 e. The minimum Gasteiger partial charge on any atom is -0.354 e. The molecule has 0 atom stereocenters. The molecule has 0 radical (unpaired) electrons. The van der Waals surface area contributed by atoms with Crippen LogP contribution >= 0.6 is 11.3 Å². The molecule has 5 heteroatoms. The molecule has 24 heavy (non-hydrogen) atoms. The maximum Gasteiger partial charge on any atom is 0.196 e. The fourth-order valence-corrected chi connectivity index (χ4v) is 6.21. The molecule has 0 saturated carbocycles. The molecular weight excluding hydrogens is 316 g/mol. The molecule has 3 heterocycles. The lowest BCUT2D eigenvalue weighted by atomic mass is 9.67. The highest BCUT2D eigenvalue weighted by Crippen LogP contribution is 2.49. The van der Waals surface area contributed by atoms with E-state index in [-0.39, 0.29) is 5.41 Å². The average Bonchev–Trinajstić information content (AvgIpc) is 2.94. The molecule has 1 aliphatic carbocycles. The summed E-state index contributed by atoms with van der Waals surface area (Å²) in [6.07, 6.45) is 2.40. The van der Waals surface area contributed by atoms with Crippen LogP contribution in [0, 0.1) is 12.3 Å². The summed E-state index contributed by atoms with van der Waals surface area (Å²) in [4.78, 5) is 12.7. The van der Waals surface area contributed by atoms with Gasteiger partial charge in [-0.15, -0.1) is 11.3 Å². The maximum absolute atomic E-state index is 4.95. The Bertz CT molecular complexity index is 775. The fourth-order valence-electron chi connectivity index (χ4n) is 4.93. The SMILES string of the molecule is Cc1nc2sc3c(n2c1N1CCN(C)CC1)CC(C)(C)CC3(C)C. The van der Waals surface area contributed by atoms with Crippen LogP contribution in [0.5, 0.6) is 0 Å². The van der Waals surface area contributed by atoms with E-state index in [1.807, 2.05) is 11.3 Å². The van der Waals surface area contributed by atoms with Gasteiger partial charge in [-0.3, -0.25) is 4.40 Å². The van der Waals surface area contributed by atoms with Gasteiger partial charge in [0.1, 0.15) is 5.82 Å². The topological polar surface area (TPSA) is 23.8 Å². The van der Waals surface area contributed by atoms with Gasteiger partial charge in [-0.25, -0.2) is 4.98 Å². The lowest BCUT2D eigenvalue weighted by Gasteiger charge is -2.40. The third-order valence-electron chi connectivity index (χ3n) is 5.70.